The first-order chi connectivity index (χ1) is 19.0. The molecule has 2 rings (SSSR count). The van der Waals surface area contributed by atoms with Crippen LogP contribution in [-0.2, 0) is 30.3 Å². The van der Waals surface area contributed by atoms with Gasteiger partial charge in [0.05, 0.1) is 5.92 Å². The largest absolute Gasteiger partial charge is 0.459 e. The molecule has 0 bridgehead atoms. The van der Waals surface area contributed by atoms with Gasteiger partial charge >= 0.3 is 12.1 Å². The van der Waals surface area contributed by atoms with Gasteiger partial charge in [0.1, 0.15) is 17.2 Å². The number of esters is 1. The maximum absolute atomic E-state index is 13.6. The van der Waals surface area contributed by atoms with E-state index in [9.17, 15) is 19.2 Å². The standard InChI is InChI=1S/C31H50N4O6/c1-10-14-24(20(2)32-21(3)36)25(17-22-15-12-11-13-16-22)35-19-23(18-26(35)28(38)40-30(4,5)6)27(37)33-34-29(39)41-31(7,8)9/h11-13,15-16,20,23-26H,10,14,17-19H2,1-9H3,(H,32,36)(H,33,37)(H,34,39)/t20?,23?,24-,25-,26?/m0/s1. The second kappa shape index (κ2) is 14.7. The van der Waals surface area contributed by atoms with Crippen LogP contribution < -0.4 is 16.2 Å². The van der Waals surface area contributed by atoms with Crippen molar-refractivity contribution in [2.75, 3.05) is 6.54 Å². The third-order valence-corrected chi connectivity index (χ3v) is 6.98. The highest BCUT2D eigenvalue weighted by Gasteiger charge is 2.47. The summed E-state index contributed by atoms with van der Waals surface area (Å²) in [5, 5.41) is 3.06. The molecule has 41 heavy (non-hydrogen) atoms. The smallest absolute Gasteiger partial charge is 0.426 e. The third-order valence-electron chi connectivity index (χ3n) is 6.98. The minimum atomic E-state index is -0.765. The first kappa shape index (κ1) is 34.1. The summed E-state index contributed by atoms with van der Waals surface area (Å²) in [6.07, 6.45) is 1.79. The molecule has 0 spiro atoms. The second-order valence-corrected chi connectivity index (χ2v) is 13.0. The highest BCUT2D eigenvalue weighted by molar-refractivity contribution is 5.84. The van der Waals surface area contributed by atoms with E-state index in [0.717, 1.165) is 18.4 Å². The van der Waals surface area contributed by atoms with Crippen molar-refractivity contribution in [3.05, 3.63) is 35.9 Å². The molecular weight excluding hydrogens is 524 g/mol. The second-order valence-electron chi connectivity index (χ2n) is 13.0. The molecule has 3 unspecified atom stereocenters. The van der Waals surface area contributed by atoms with Gasteiger partial charge in [0.2, 0.25) is 11.8 Å². The van der Waals surface area contributed by atoms with Gasteiger partial charge in [0.15, 0.2) is 0 Å². The predicted octanol–water partition coefficient (Wildman–Crippen LogP) is 4.13. The molecule has 1 aliphatic heterocycles. The van der Waals surface area contributed by atoms with Gasteiger partial charge in [0.25, 0.3) is 0 Å². The fourth-order valence-electron chi connectivity index (χ4n) is 5.44. The number of nitrogens with zero attached hydrogens (tertiary/aromatic N) is 1. The quantitative estimate of drug-likeness (QED) is 0.283. The molecule has 1 saturated heterocycles. The predicted molar refractivity (Wildman–Crippen MR) is 158 cm³/mol. The van der Waals surface area contributed by atoms with E-state index in [4.69, 9.17) is 9.47 Å². The number of carbonyl (C=O) groups excluding carboxylic acids is 4. The molecule has 1 fully saturated rings. The van der Waals surface area contributed by atoms with Crippen molar-refractivity contribution in [3.8, 4) is 0 Å². The van der Waals surface area contributed by atoms with Gasteiger partial charge in [-0.2, -0.15) is 0 Å². The molecule has 230 valence electrons. The number of likely N-dealkylation sites (tertiary alicyclic amines) is 1. The maximum atomic E-state index is 13.6. The van der Waals surface area contributed by atoms with Gasteiger partial charge in [-0.25, -0.2) is 10.2 Å². The molecule has 5 atom stereocenters. The highest BCUT2D eigenvalue weighted by atomic mass is 16.6. The summed E-state index contributed by atoms with van der Waals surface area (Å²) in [4.78, 5) is 53.1. The van der Waals surface area contributed by atoms with E-state index in [2.05, 4.69) is 28.0 Å². The van der Waals surface area contributed by atoms with Crippen molar-refractivity contribution in [3.63, 3.8) is 0 Å². The number of rotatable bonds is 10. The van der Waals surface area contributed by atoms with Crippen molar-refractivity contribution in [2.24, 2.45) is 11.8 Å². The van der Waals surface area contributed by atoms with E-state index in [1.54, 1.807) is 20.8 Å². The van der Waals surface area contributed by atoms with Crippen molar-refractivity contribution in [1.29, 1.82) is 0 Å². The molecule has 10 nitrogen and oxygen atoms in total. The zero-order valence-electron chi connectivity index (χ0n) is 26.2. The monoisotopic (exact) mass is 574 g/mol. The Kier molecular flexibility index (Phi) is 12.2. The Bertz CT molecular complexity index is 1030. The lowest BCUT2D eigenvalue weighted by atomic mass is 9.83. The Morgan fingerprint density at radius 3 is 2.12 bits per heavy atom. The zero-order chi connectivity index (χ0) is 31.0. The number of carbonyl (C=O) groups is 4. The Hall–Kier alpha value is -3.14. The van der Waals surface area contributed by atoms with Crippen LogP contribution in [0, 0.1) is 11.8 Å². The number of hydrogen-bond donors (Lipinski definition) is 3. The van der Waals surface area contributed by atoms with E-state index in [1.807, 2.05) is 58.0 Å². The van der Waals surface area contributed by atoms with Crippen molar-refractivity contribution in [1.82, 2.24) is 21.1 Å². The van der Waals surface area contributed by atoms with E-state index in [-0.39, 0.29) is 36.9 Å². The van der Waals surface area contributed by atoms with Crippen LogP contribution in [0.3, 0.4) is 0 Å². The molecule has 0 aromatic heterocycles. The Morgan fingerprint density at radius 2 is 1.59 bits per heavy atom. The first-order valence-corrected chi connectivity index (χ1v) is 14.6. The van der Waals surface area contributed by atoms with E-state index in [0.29, 0.717) is 6.42 Å². The number of nitrogens with one attached hydrogen (secondary N) is 3. The van der Waals surface area contributed by atoms with Crippen LogP contribution in [0.15, 0.2) is 30.3 Å². The number of amides is 3. The van der Waals surface area contributed by atoms with Crippen LogP contribution >= 0.6 is 0 Å². The average Bonchev–Trinajstić information content (AvgIpc) is 3.28. The van der Waals surface area contributed by atoms with Crippen LogP contribution in [0.5, 0.6) is 0 Å². The summed E-state index contributed by atoms with van der Waals surface area (Å²) < 4.78 is 11.0. The van der Waals surface area contributed by atoms with Gasteiger partial charge in [-0.15, -0.1) is 0 Å². The Labute approximate surface area is 245 Å². The third kappa shape index (κ3) is 11.3. The van der Waals surface area contributed by atoms with Crippen LogP contribution in [-0.4, -0.2) is 64.6 Å². The normalized spacial score (nSPS) is 19.9. The summed E-state index contributed by atoms with van der Waals surface area (Å²) in [5.41, 5.74) is 4.46. The number of hydrazine groups is 1. The molecule has 1 aromatic rings. The molecular formula is C31H50N4O6. The van der Waals surface area contributed by atoms with Gasteiger partial charge in [-0.1, -0.05) is 43.7 Å². The van der Waals surface area contributed by atoms with Crippen molar-refractivity contribution in [2.45, 2.75) is 117 Å². The number of benzene rings is 1. The maximum Gasteiger partial charge on any atom is 0.426 e. The molecule has 0 aliphatic carbocycles. The van der Waals surface area contributed by atoms with E-state index >= 15 is 0 Å². The minimum Gasteiger partial charge on any atom is -0.459 e. The summed E-state index contributed by atoms with van der Waals surface area (Å²) >= 11 is 0. The lowest BCUT2D eigenvalue weighted by Crippen LogP contribution is -2.54. The van der Waals surface area contributed by atoms with Gasteiger partial charge in [-0.3, -0.25) is 24.7 Å². The molecule has 1 heterocycles. The fourth-order valence-corrected chi connectivity index (χ4v) is 5.44. The SMILES string of the molecule is CCC[C@@H](C(C)NC(C)=O)[C@H](Cc1ccccc1)N1CC(C(=O)NNC(=O)OC(C)(C)C)CC1C(=O)OC(C)(C)C. The summed E-state index contributed by atoms with van der Waals surface area (Å²) in [6, 6.07) is 9.00. The molecule has 1 aliphatic rings. The summed E-state index contributed by atoms with van der Waals surface area (Å²) in [6.45, 7) is 16.5. The van der Waals surface area contributed by atoms with Crippen LogP contribution in [0.4, 0.5) is 4.79 Å². The molecule has 3 N–H and O–H groups in total. The van der Waals surface area contributed by atoms with Crippen LogP contribution in [0.2, 0.25) is 0 Å². The Balaban J connectivity index is 2.43. The molecule has 1 aromatic carbocycles. The molecule has 0 saturated carbocycles. The van der Waals surface area contributed by atoms with Crippen molar-refractivity contribution < 1.29 is 28.7 Å². The summed E-state index contributed by atoms with van der Waals surface area (Å²) in [7, 11) is 0. The highest BCUT2D eigenvalue weighted by Crippen LogP contribution is 2.34. The van der Waals surface area contributed by atoms with E-state index < -0.39 is 41.1 Å². The zero-order valence-corrected chi connectivity index (χ0v) is 26.2. The van der Waals surface area contributed by atoms with Crippen LogP contribution in [0.25, 0.3) is 0 Å². The Morgan fingerprint density at radius 1 is 0.976 bits per heavy atom. The fraction of sp³-hybridized carbons (Fsp3) is 0.677. The van der Waals surface area contributed by atoms with Crippen LogP contribution in [0.1, 0.15) is 87.1 Å². The van der Waals surface area contributed by atoms with Gasteiger partial charge in [0, 0.05) is 25.6 Å². The van der Waals surface area contributed by atoms with Gasteiger partial charge < -0.3 is 14.8 Å². The molecule has 10 heteroatoms. The summed E-state index contributed by atoms with van der Waals surface area (Å²) in [5.74, 6) is -1.51. The van der Waals surface area contributed by atoms with Crippen molar-refractivity contribution >= 4 is 23.9 Å². The molecule has 0 radical (unpaired) electrons. The number of hydrogen-bond acceptors (Lipinski definition) is 7. The first-order valence-electron chi connectivity index (χ1n) is 14.6. The van der Waals surface area contributed by atoms with Gasteiger partial charge in [-0.05, 0) is 79.2 Å². The number of ether oxygens (including phenoxy) is 2. The van der Waals surface area contributed by atoms with E-state index in [1.165, 1.54) is 6.92 Å². The molecule has 3 amide bonds. The minimum absolute atomic E-state index is 0.00394. The lowest BCUT2D eigenvalue weighted by Gasteiger charge is -2.41. The topological polar surface area (TPSA) is 126 Å². The average molecular weight is 575 g/mol. The lowest BCUT2D eigenvalue weighted by molar-refractivity contribution is -0.161.